The van der Waals surface area contributed by atoms with Crippen molar-refractivity contribution < 1.29 is 28.6 Å². The van der Waals surface area contributed by atoms with E-state index < -0.39 is 6.10 Å². The highest BCUT2D eigenvalue weighted by Gasteiger charge is 2.19. The van der Waals surface area contributed by atoms with E-state index in [1.165, 1.54) is 135 Å². The minimum Gasteiger partial charge on any atom is -0.462 e. The summed E-state index contributed by atoms with van der Waals surface area (Å²) in [6.07, 6.45) is 66.0. The van der Waals surface area contributed by atoms with Gasteiger partial charge in [-0.1, -0.05) is 241 Å². The molecule has 0 fully saturated rings. The van der Waals surface area contributed by atoms with Crippen LogP contribution < -0.4 is 0 Å². The largest absolute Gasteiger partial charge is 0.462 e. The molecule has 0 aromatic rings. The van der Waals surface area contributed by atoms with Gasteiger partial charge in [-0.05, 0) is 70.6 Å². The van der Waals surface area contributed by atoms with Crippen LogP contribution in [-0.4, -0.2) is 37.2 Å². The predicted octanol–water partition coefficient (Wildman–Crippen LogP) is 17.8. The number of carbonyl (C=O) groups excluding carboxylic acids is 3. The second-order valence-electron chi connectivity index (χ2n) is 17.9. The lowest BCUT2D eigenvalue weighted by Crippen LogP contribution is -2.30. The fourth-order valence-corrected chi connectivity index (χ4v) is 7.48. The van der Waals surface area contributed by atoms with E-state index in [1.807, 2.05) is 30.4 Å². The molecule has 1 unspecified atom stereocenters. The van der Waals surface area contributed by atoms with Gasteiger partial charge in [0.05, 0.1) is 0 Å². The molecular weight excluding hydrogens is 793 g/mol. The normalized spacial score (nSPS) is 12.6. The Morgan fingerprint density at radius 1 is 0.344 bits per heavy atom. The summed E-state index contributed by atoms with van der Waals surface area (Å²) in [7, 11) is 0. The topological polar surface area (TPSA) is 78.9 Å². The Morgan fingerprint density at radius 3 is 1.12 bits per heavy atom. The maximum absolute atomic E-state index is 12.8. The Labute approximate surface area is 395 Å². The molecule has 0 bridgehead atoms. The zero-order valence-electron chi connectivity index (χ0n) is 42.0. The third-order valence-electron chi connectivity index (χ3n) is 11.5. The van der Waals surface area contributed by atoms with Crippen molar-refractivity contribution in [1.82, 2.24) is 0 Å². The first-order valence-corrected chi connectivity index (χ1v) is 27.0. The third kappa shape index (κ3) is 49.9. The van der Waals surface area contributed by atoms with Crippen LogP contribution in [0, 0.1) is 0 Å². The molecule has 368 valence electrons. The third-order valence-corrected chi connectivity index (χ3v) is 11.5. The minimum absolute atomic E-state index is 0.0908. The Hall–Kier alpha value is -3.15. The van der Waals surface area contributed by atoms with Crippen molar-refractivity contribution in [3.05, 3.63) is 72.9 Å². The van der Waals surface area contributed by atoms with Crippen molar-refractivity contribution in [2.75, 3.05) is 13.2 Å². The van der Waals surface area contributed by atoms with Crippen molar-refractivity contribution in [2.45, 2.75) is 264 Å². The summed E-state index contributed by atoms with van der Waals surface area (Å²) in [5, 5.41) is 0. The molecule has 0 aliphatic carbocycles. The molecule has 0 heterocycles. The summed E-state index contributed by atoms with van der Waals surface area (Å²) in [6.45, 7) is 6.45. The van der Waals surface area contributed by atoms with Crippen LogP contribution in [-0.2, 0) is 28.6 Å². The minimum atomic E-state index is -0.793. The molecule has 0 amide bonds. The molecule has 6 heteroatoms. The first-order chi connectivity index (χ1) is 31.5. The van der Waals surface area contributed by atoms with Crippen LogP contribution in [0.15, 0.2) is 72.9 Å². The van der Waals surface area contributed by atoms with Gasteiger partial charge in [-0.25, -0.2) is 0 Å². The smallest absolute Gasteiger partial charge is 0.306 e. The van der Waals surface area contributed by atoms with E-state index in [0.29, 0.717) is 19.3 Å². The Kier molecular flexibility index (Phi) is 49.9. The molecule has 64 heavy (non-hydrogen) atoms. The molecule has 1 atom stereocenters. The van der Waals surface area contributed by atoms with Crippen LogP contribution in [0.1, 0.15) is 258 Å². The highest BCUT2D eigenvalue weighted by molar-refractivity contribution is 5.71. The van der Waals surface area contributed by atoms with E-state index in [0.717, 1.165) is 83.5 Å². The molecule has 0 spiro atoms. The van der Waals surface area contributed by atoms with E-state index in [-0.39, 0.29) is 31.1 Å². The van der Waals surface area contributed by atoms with Gasteiger partial charge in [-0.15, -0.1) is 0 Å². The van der Waals surface area contributed by atoms with E-state index >= 15 is 0 Å². The average Bonchev–Trinajstić information content (AvgIpc) is 3.29. The van der Waals surface area contributed by atoms with Crippen molar-refractivity contribution in [3.63, 3.8) is 0 Å². The Bertz CT molecular complexity index is 1210. The van der Waals surface area contributed by atoms with Gasteiger partial charge < -0.3 is 14.2 Å². The van der Waals surface area contributed by atoms with Gasteiger partial charge in [-0.2, -0.15) is 0 Å². The van der Waals surface area contributed by atoms with Crippen LogP contribution in [0.25, 0.3) is 0 Å². The van der Waals surface area contributed by atoms with Gasteiger partial charge in [0.1, 0.15) is 13.2 Å². The molecular formula is C58H100O6. The van der Waals surface area contributed by atoms with Gasteiger partial charge in [0.15, 0.2) is 6.10 Å². The lowest BCUT2D eigenvalue weighted by molar-refractivity contribution is -0.167. The fourth-order valence-electron chi connectivity index (χ4n) is 7.48. The molecule has 0 N–H and O–H groups in total. The molecule has 0 rings (SSSR count). The average molecular weight is 893 g/mol. The number of ether oxygens (including phenoxy) is 3. The maximum Gasteiger partial charge on any atom is 0.306 e. The zero-order valence-corrected chi connectivity index (χ0v) is 42.0. The van der Waals surface area contributed by atoms with Gasteiger partial charge in [0, 0.05) is 19.3 Å². The van der Waals surface area contributed by atoms with E-state index in [2.05, 4.69) is 63.3 Å². The van der Waals surface area contributed by atoms with E-state index in [4.69, 9.17) is 14.2 Å². The van der Waals surface area contributed by atoms with Gasteiger partial charge in [0.25, 0.3) is 0 Å². The summed E-state index contributed by atoms with van der Waals surface area (Å²) >= 11 is 0. The first kappa shape index (κ1) is 60.9. The second kappa shape index (κ2) is 52.5. The highest BCUT2D eigenvalue weighted by Crippen LogP contribution is 2.16. The molecule has 0 aromatic carbocycles. The van der Waals surface area contributed by atoms with Crippen molar-refractivity contribution >= 4 is 17.9 Å². The molecule has 0 aromatic heterocycles. The van der Waals surface area contributed by atoms with Crippen LogP contribution in [0.5, 0.6) is 0 Å². The number of unbranched alkanes of at least 4 members (excludes halogenated alkanes) is 28. The van der Waals surface area contributed by atoms with E-state index in [1.54, 1.807) is 0 Å². The molecule has 0 aliphatic rings. The van der Waals surface area contributed by atoms with E-state index in [9.17, 15) is 14.4 Å². The lowest BCUT2D eigenvalue weighted by atomic mass is 10.0. The molecule has 6 nitrogen and oxygen atoms in total. The van der Waals surface area contributed by atoms with Gasteiger partial charge in [-0.3, -0.25) is 14.4 Å². The molecule has 0 radical (unpaired) electrons. The quantitative estimate of drug-likeness (QED) is 0.0199. The predicted molar refractivity (Wildman–Crippen MR) is 274 cm³/mol. The number of hydrogen-bond donors (Lipinski definition) is 0. The summed E-state index contributed by atoms with van der Waals surface area (Å²) in [5.41, 5.74) is 0. The van der Waals surface area contributed by atoms with Gasteiger partial charge >= 0.3 is 17.9 Å². The summed E-state index contributed by atoms with van der Waals surface area (Å²) < 4.78 is 16.8. The number of hydrogen-bond acceptors (Lipinski definition) is 6. The number of allylic oxidation sites excluding steroid dienone is 12. The Balaban J connectivity index is 4.42. The number of rotatable bonds is 48. The van der Waals surface area contributed by atoms with Crippen LogP contribution >= 0.6 is 0 Å². The summed E-state index contributed by atoms with van der Waals surface area (Å²) in [4.78, 5) is 38.0. The van der Waals surface area contributed by atoms with Gasteiger partial charge in [0.2, 0.25) is 0 Å². The number of carbonyl (C=O) groups is 3. The molecule has 0 aliphatic heterocycles. The van der Waals surface area contributed by atoms with Crippen LogP contribution in [0.2, 0.25) is 0 Å². The maximum atomic E-state index is 12.8. The van der Waals surface area contributed by atoms with Crippen molar-refractivity contribution in [1.29, 1.82) is 0 Å². The molecule has 0 saturated heterocycles. The number of esters is 3. The van der Waals surface area contributed by atoms with Crippen LogP contribution in [0.3, 0.4) is 0 Å². The standard InChI is InChI=1S/C58H100O6/c1-4-7-10-13-16-19-22-25-27-29-31-33-36-39-42-45-48-51-57(60)63-54-55(53-62-56(59)50-47-44-41-38-35-32-24-21-18-15-12-9-6-3)64-58(61)52-49-46-43-40-37-34-30-28-26-23-20-17-14-11-8-5-2/h9,12,15-16,18-19,21,24-25,27,32,35,55H,4-8,10-11,13-14,17,20,22-23,26,28-31,33-34,36-54H2,1-3H3/b12-9-,18-15-,19-16-,24-21-,27-25-,35-32-. The summed E-state index contributed by atoms with van der Waals surface area (Å²) in [6, 6.07) is 0. The summed E-state index contributed by atoms with van der Waals surface area (Å²) in [5.74, 6) is -0.932. The monoisotopic (exact) mass is 893 g/mol. The molecule has 0 saturated carbocycles. The first-order valence-electron chi connectivity index (χ1n) is 27.0. The zero-order chi connectivity index (χ0) is 46.5. The SMILES string of the molecule is CC\C=C/C=C\C=C/C=C\CCCCCC(=O)OCC(COC(=O)CCCCCCCCC/C=C\C/C=C\CCCCC)OC(=O)CCCCCCCCCCCCCCCCCC. The lowest BCUT2D eigenvalue weighted by Gasteiger charge is -2.18. The highest BCUT2D eigenvalue weighted by atomic mass is 16.6. The fraction of sp³-hybridized carbons (Fsp3) is 0.741. The van der Waals surface area contributed by atoms with Crippen molar-refractivity contribution in [3.8, 4) is 0 Å². The second-order valence-corrected chi connectivity index (χ2v) is 17.9. The van der Waals surface area contributed by atoms with Crippen LogP contribution in [0.4, 0.5) is 0 Å². The Morgan fingerprint density at radius 2 is 0.672 bits per heavy atom. The van der Waals surface area contributed by atoms with Crippen molar-refractivity contribution in [2.24, 2.45) is 0 Å².